The number of aliphatic hydroxyl groups excluding tert-OH is 2. The van der Waals surface area contributed by atoms with Crippen molar-refractivity contribution in [2.75, 3.05) is 20.3 Å². The molecule has 0 aromatic heterocycles. The Kier molecular flexibility index (Phi) is 6.39. The van der Waals surface area contributed by atoms with Crippen LogP contribution in [-0.4, -0.2) is 59.9 Å². The molecule has 0 aliphatic heterocycles. The summed E-state index contributed by atoms with van der Waals surface area (Å²) in [5, 5.41) is 26.7. The molecule has 0 aliphatic carbocycles. The quantitative estimate of drug-likeness (QED) is 0.488. The Labute approximate surface area is 82.1 Å². The van der Waals surface area contributed by atoms with Gasteiger partial charge in [0.1, 0.15) is 6.10 Å². The van der Waals surface area contributed by atoms with E-state index in [0.717, 1.165) is 0 Å². The van der Waals surface area contributed by atoms with Crippen LogP contribution in [0.3, 0.4) is 0 Å². The Balaban J connectivity index is 3.88. The Hall–Kier alpha value is -0.690. The molecule has 1 unspecified atom stereocenters. The van der Waals surface area contributed by atoms with E-state index in [4.69, 9.17) is 20.1 Å². The van der Waals surface area contributed by atoms with Gasteiger partial charge >= 0.3 is 5.97 Å². The van der Waals surface area contributed by atoms with E-state index in [-0.39, 0.29) is 13.2 Å². The first-order valence-electron chi connectivity index (χ1n) is 4.18. The van der Waals surface area contributed by atoms with Crippen molar-refractivity contribution in [3.05, 3.63) is 0 Å². The molecular formula is C8H16O6. The van der Waals surface area contributed by atoms with Gasteiger partial charge in [-0.3, -0.25) is 0 Å². The highest BCUT2D eigenvalue weighted by Crippen LogP contribution is 2.01. The number of hydrogen-bond donors (Lipinski definition) is 3. The Morgan fingerprint density at radius 2 is 1.93 bits per heavy atom. The van der Waals surface area contributed by atoms with Crippen LogP contribution in [0.25, 0.3) is 0 Å². The molecule has 14 heavy (non-hydrogen) atoms. The van der Waals surface area contributed by atoms with Gasteiger partial charge in [-0.2, -0.15) is 0 Å². The van der Waals surface area contributed by atoms with E-state index in [1.807, 2.05) is 0 Å². The minimum Gasteiger partial charge on any atom is -0.479 e. The fourth-order valence-electron chi connectivity index (χ4n) is 0.872. The zero-order valence-corrected chi connectivity index (χ0v) is 8.21. The van der Waals surface area contributed by atoms with Gasteiger partial charge in [0, 0.05) is 7.11 Å². The Morgan fingerprint density at radius 1 is 1.36 bits per heavy atom. The lowest BCUT2D eigenvalue weighted by molar-refractivity contribution is -0.160. The normalized spacial score (nSPS) is 17.4. The minimum atomic E-state index is -1.32. The number of carboxylic acid groups (broad SMARTS) is 1. The number of rotatable bonds is 7. The van der Waals surface area contributed by atoms with Crippen molar-refractivity contribution in [2.45, 2.75) is 25.2 Å². The third-order valence-corrected chi connectivity index (χ3v) is 1.51. The number of carbonyl (C=O) groups is 1. The lowest BCUT2D eigenvalue weighted by atomic mass is 10.2. The van der Waals surface area contributed by atoms with E-state index < -0.39 is 24.3 Å². The van der Waals surface area contributed by atoms with Crippen molar-refractivity contribution in [2.24, 2.45) is 0 Å². The van der Waals surface area contributed by atoms with Gasteiger partial charge in [0.05, 0.1) is 19.3 Å². The van der Waals surface area contributed by atoms with Gasteiger partial charge in [-0.1, -0.05) is 0 Å². The van der Waals surface area contributed by atoms with Gasteiger partial charge in [-0.25, -0.2) is 4.79 Å². The Morgan fingerprint density at radius 3 is 2.29 bits per heavy atom. The number of aliphatic carboxylic acids is 1. The first kappa shape index (κ1) is 13.3. The lowest BCUT2D eigenvalue weighted by Crippen LogP contribution is -2.37. The van der Waals surface area contributed by atoms with E-state index in [2.05, 4.69) is 4.74 Å². The maximum atomic E-state index is 10.5. The van der Waals surface area contributed by atoms with Crippen molar-refractivity contribution in [3.63, 3.8) is 0 Å². The molecule has 0 aromatic carbocycles. The standard InChI is InChI=1S/C8H16O6/c1-5(9)7(8(11)12)14-4-6(10)3-13-2/h5-7,9-10H,3-4H2,1-2H3,(H,11,12)/t5-,6+,7?/m1/s1. The van der Waals surface area contributed by atoms with Gasteiger partial charge in [0.2, 0.25) is 0 Å². The molecule has 0 rings (SSSR count). The Bertz CT molecular complexity index is 169. The predicted molar refractivity (Wildman–Crippen MR) is 46.9 cm³/mol. The molecule has 0 fully saturated rings. The van der Waals surface area contributed by atoms with Gasteiger partial charge in [-0.05, 0) is 6.92 Å². The van der Waals surface area contributed by atoms with Crippen molar-refractivity contribution < 1.29 is 29.6 Å². The largest absolute Gasteiger partial charge is 0.479 e. The second kappa shape index (κ2) is 6.72. The number of carboxylic acids is 1. The monoisotopic (exact) mass is 208 g/mol. The predicted octanol–water partition coefficient (Wildman–Crippen LogP) is -1.16. The van der Waals surface area contributed by atoms with Crippen LogP contribution in [0.4, 0.5) is 0 Å². The molecule has 84 valence electrons. The molecule has 3 N–H and O–H groups in total. The average molecular weight is 208 g/mol. The van der Waals surface area contributed by atoms with Crippen LogP contribution < -0.4 is 0 Å². The van der Waals surface area contributed by atoms with Gasteiger partial charge in [0.15, 0.2) is 6.10 Å². The molecular weight excluding hydrogens is 192 g/mol. The molecule has 6 nitrogen and oxygen atoms in total. The molecule has 3 atom stereocenters. The first-order chi connectivity index (χ1) is 6.49. The van der Waals surface area contributed by atoms with Crippen LogP contribution in [0.1, 0.15) is 6.92 Å². The summed E-state index contributed by atoms with van der Waals surface area (Å²) in [6.07, 6.45) is -3.33. The third kappa shape index (κ3) is 5.13. The van der Waals surface area contributed by atoms with Crippen LogP contribution in [0, 0.1) is 0 Å². The molecule has 0 aliphatic rings. The molecule has 0 amide bonds. The lowest BCUT2D eigenvalue weighted by Gasteiger charge is -2.18. The summed E-state index contributed by atoms with van der Waals surface area (Å²) in [6.45, 7) is 1.18. The molecule has 0 radical (unpaired) electrons. The topological polar surface area (TPSA) is 96.2 Å². The fraction of sp³-hybridized carbons (Fsp3) is 0.875. The third-order valence-electron chi connectivity index (χ3n) is 1.51. The highest BCUT2D eigenvalue weighted by atomic mass is 16.5. The number of ether oxygens (including phenoxy) is 2. The fourth-order valence-corrected chi connectivity index (χ4v) is 0.872. The summed E-state index contributed by atoms with van der Waals surface area (Å²) < 4.78 is 9.42. The van der Waals surface area contributed by atoms with Crippen LogP contribution in [0.2, 0.25) is 0 Å². The van der Waals surface area contributed by atoms with Crippen LogP contribution in [-0.2, 0) is 14.3 Å². The molecule has 6 heteroatoms. The van der Waals surface area contributed by atoms with E-state index >= 15 is 0 Å². The van der Waals surface area contributed by atoms with E-state index in [9.17, 15) is 4.79 Å². The highest BCUT2D eigenvalue weighted by Gasteiger charge is 2.24. The smallest absolute Gasteiger partial charge is 0.335 e. The second-order valence-corrected chi connectivity index (χ2v) is 2.94. The molecule has 0 saturated carbocycles. The van der Waals surface area contributed by atoms with Crippen LogP contribution >= 0.6 is 0 Å². The summed E-state index contributed by atoms with van der Waals surface area (Å²) in [4.78, 5) is 10.5. The maximum Gasteiger partial charge on any atom is 0.335 e. The van der Waals surface area contributed by atoms with Gasteiger partial charge in [-0.15, -0.1) is 0 Å². The van der Waals surface area contributed by atoms with Crippen LogP contribution in [0.5, 0.6) is 0 Å². The molecule has 0 spiro atoms. The zero-order chi connectivity index (χ0) is 11.1. The summed E-state index contributed by atoms with van der Waals surface area (Å²) in [6, 6.07) is 0. The number of methoxy groups -OCH3 is 1. The second-order valence-electron chi connectivity index (χ2n) is 2.94. The molecule has 0 aromatic rings. The maximum absolute atomic E-state index is 10.5. The number of hydrogen-bond acceptors (Lipinski definition) is 5. The van der Waals surface area contributed by atoms with E-state index in [1.54, 1.807) is 0 Å². The highest BCUT2D eigenvalue weighted by molar-refractivity contribution is 5.72. The van der Waals surface area contributed by atoms with Crippen molar-refractivity contribution in [3.8, 4) is 0 Å². The summed E-state index contributed by atoms with van der Waals surface area (Å²) in [7, 11) is 1.41. The van der Waals surface area contributed by atoms with Crippen LogP contribution in [0.15, 0.2) is 0 Å². The van der Waals surface area contributed by atoms with Crippen molar-refractivity contribution in [1.82, 2.24) is 0 Å². The van der Waals surface area contributed by atoms with Crippen molar-refractivity contribution >= 4 is 5.97 Å². The summed E-state index contributed by atoms with van der Waals surface area (Å²) in [5.41, 5.74) is 0. The summed E-state index contributed by atoms with van der Waals surface area (Å²) in [5.74, 6) is -1.26. The molecule has 0 bridgehead atoms. The van der Waals surface area contributed by atoms with Crippen molar-refractivity contribution in [1.29, 1.82) is 0 Å². The average Bonchev–Trinajstić information content (AvgIpc) is 2.03. The SMILES string of the molecule is COC[C@H](O)COC(C(=O)O)[C@@H](C)O. The minimum absolute atomic E-state index is 0.0617. The molecule has 0 heterocycles. The molecule has 0 saturated heterocycles. The van der Waals surface area contributed by atoms with Gasteiger partial charge < -0.3 is 24.8 Å². The zero-order valence-electron chi connectivity index (χ0n) is 8.21. The van der Waals surface area contributed by atoms with E-state index in [0.29, 0.717) is 0 Å². The number of aliphatic hydroxyl groups is 2. The summed E-state index contributed by atoms with van der Waals surface area (Å²) >= 11 is 0. The van der Waals surface area contributed by atoms with Gasteiger partial charge in [0.25, 0.3) is 0 Å². The first-order valence-corrected chi connectivity index (χ1v) is 4.18. The van der Waals surface area contributed by atoms with E-state index in [1.165, 1.54) is 14.0 Å².